The van der Waals surface area contributed by atoms with Crippen molar-refractivity contribution in [2.45, 2.75) is 17.9 Å². The SMILES string of the molecule is NCc1ncccc1S(=O)(=O)NCCc1ccco1. The summed E-state index contributed by atoms with van der Waals surface area (Å²) >= 11 is 0. The molecule has 2 heterocycles. The lowest BCUT2D eigenvalue weighted by molar-refractivity contribution is 0.505. The van der Waals surface area contributed by atoms with E-state index in [1.165, 1.54) is 12.3 Å². The maximum atomic E-state index is 12.1. The molecule has 0 amide bonds. The van der Waals surface area contributed by atoms with Crippen molar-refractivity contribution in [3.63, 3.8) is 0 Å². The molecule has 0 aliphatic rings. The predicted octanol–water partition coefficient (Wildman–Crippen LogP) is 0.654. The van der Waals surface area contributed by atoms with Gasteiger partial charge in [-0.25, -0.2) is 13.1 Å². The van der Waals surface area contributed by atoms with Gasteiger partial charge in [0.15, 0.2) is 0 Å². The Kier molecular flexibility index (Phi) is 4.31. The van der Waals surface area contributed by atoms with Gasteiger partial charge in [0, 0.05) is 25.7 Å². The minimum absolute atomic E-state index is 0.0786. The van der Waals surface area contributed by atoms with Gasteiger partial charge in [0.05, 0.1) is 12.0 Å². The van der Waals surface area contributed by atoms with Crippen LogP contribution in [0.2, 0.25) is 0 Å². The Morgan fingerprint density at radius 1 is 1.32 bits per heavy atom. The van der Waals surface area contributed by atoms with E-state index in [1.54, 1.807) is 24.5 Å². The molecule has 0 unspecified atom stereocenters. The summed E-state index contributed by atoms with van der Waals surface area (Å²) in [6.45, 7) is 0.337. The van der Waals surface area contributed by atoms with Crippen LogP contribution in [0.1, 0.15) is 11.5 Å². The van der Waals surface area contributed by atoms with E-state index in [2.05, 4.69) is 9.71 Å². The highest BCUT2D eigenvalue weighted by atomic mass is 32.2. The Morgan fingerprint density at radius 3 is 2.84 bits per heavy atom. The Hall–Kier alpha value is -1.70. The van der Waals surface area contributed by atoms with Gasteiger partial charge in [0.25, 0.3) is 0 Å². The van der Waals surface area contributed by atoms with Gasteiger partial charge in [-0.3, -0.25) is 4.98 Å². The largest absolute Gasteiger partial charge is 0.469 e. The van der Waals surface area contributed by atoms with Crippen LogP contribution in [0.5, 0.6) is 0 Å². The van der Waals surface area contributed by atoms with Crippen LogP contribution >= 0.6 is 0 Å². The Morgan fingerprint density at radius 2 is 2.16 bits per heavy atom. The molecule has 0 atom stereocenters. The topological polar surface area (TPSA) is 98.2 Å². The first kappa shape index (κ1) is 13.7. The zero-order valence-corrected chi connectivity index (χ0v) is 11.1. The fraction of sp³-hybridized carbons (Fsp3) is 0.250. The maximum Gasteiger partial charge on any atom is 0.242 e. The van der Waals surface area contributed by atoms with Crippen LogP contribution in [-0.4, -0.2) is 19.9 Å². The molecular formula is C12H15N3O3S. The molecule has 0 aromatic carbocycles. The van der Waals surface area contributed by atoms with Crippen LogP contribution in [-0.2, 0) is 23.0 Å². The first-order valence-electron chi connectivity index (χ1n) is 5.79. The second-order valence-corrected chi connectivity index (χ2v) is 5.61. The van der Waals surface area contributed by atoms with Crippen molar-refractivity contribution >= 4 is 10.0 Å². The molecule has 7 heteroatoms. The summed E-state index contributed by atoms with van der Waals surface area (Å²) in [4.78, 5) is 4.08. The van der Waals surface area contributed by atoms with Crippen LogP contribution in [0.3, 0.4) is 0 Å². The highest BCUT2D eigenvalue weighted by Gasteiger charge is 2.17. The van der Waals surface area contributed by atoms with Crippen LogP contribution in [0.4, 0.5) is 0 Å². The van der Waals surface area contributed by atoms with Crippen molar-refractivity contribution in [2.24, 2.45) is 5.73 Å². The molecule has 0 aliphatic carbocycles. The summed E-state index contributed by atoms with van der Waals surface area (Å²) in [7, 11) is -3.59. The average molecular weight is 281 g/mol. The molecule has 0 bridgehead atoms. The second kappa shape index (κ2) is 5.96. The Bertz CT molecular complexity index is 623. The van der Waals surface area contributed by atoms with Gasteiger partial charge < -0.3 is 10.2 Å². The van der Waals surface area contributed by atoms with Gasteiger partial charge in [0.1, 0.15) is 10.7 Å². The molecule has 6 nitrogen and oxygen atoms in total. The average Bonchev–Trinajstić information content (AvgIpc) is 2.91. The standard InChI is InChI=1S/C12H15N3O3S/c13-9-11-12(4-1-6-14-11)19(16,17)15-7-5-10-3-2-8-18-10/h1-4,6,8,15H,5,7,9,13H2. The number of furan rings is 1. The smallest absolute Gasteiger partial charge is 0.242 e. The van der Waals surface area contributed by atoms with E-state index in [4.69, 9.17) is 10.2 Å². The van der Waals surface area contributed by atoms with Crippen molar-refractivity contribution in [3.8, 4) is 0 Å². The lowest BCUT2D eigenvalue weighted by Crippen LogP contribution is -2.27. The Balaban J connectivity index is 2.05. The van der Waals surface area contributed by atoms with Crippen molar-refractivity contribution in [1.82, 2.24) is 9.71 Å². The van der Waals surface area contributed by atoms with E-state index in [0.29, 0.717) is 12.1 Å². The van der Waals surface area contributed by atoms with Crippen LogP contribution < -0.4 is 10.5 Å². The summed E-state index contributed by atoms with van der Waals surface area (Å²) in [6, 6.07) is 6.62. The minimum atomic E-state index is -3.59. The summed E-state index contributed by atoms with van der Waals surface area (Å²) in [6.07, 6.45) is 3.56. The quantitative estimate of drug-likeness (QED) is 0.810. The normalized spacial score (nSPS) is 11.6. The van der Waals surface area contributed by atoms with E-state index in [9.17, 15) is 8.42 Å². The molecule has 0 saturated heterocycles. The molecule has 0 radical (unpaired) electrons. The fourth-order valence-corrected chi connectivity index (χ4v) is 2.89. The maximum absolute atomic E-state index is 12.1. The summed E-state index contributed by atoms with van der Waals surface area (Å²) in [5.41, 5.74) is 5.84. The number of nitrogens with one attached hydrogen (secondary N) is 1. The van der Waals surface area contributed by atoms with Gasteiger partial charge in [0.2, 0.25) is 10.0 Å². The van der Waals surface area contributed by atoms with Crippen molar-refractivity contribution < 1.29 is 12.8 Å². The van der Waals surface area contributed by atoms with Crippen LogP contribution in [0, 0.1) is 0 Å². The summed E-state index contributed by atoms with van der Waals surface area (Å²) in [5, 5.41) is 0. The number of aromatic nitrogens is 1. The zero-order chi connectivity index (χ0) is 13.7. The minimum Gasteiger partial charge on any atom is -0.469 e. The van der Waals surface area contributed by atoms with E-state index in [1.807, 2.05) is 0 Å². The van der Waals surface area contributed by atoms with E-state index < -0.39 is 10.0 Å². The number of nitrogens with two attached hydrogens (primary N) is 1. The lowest BCUT2D eigenvalue weighted by Gasteiger charge is -2.08. The predicted molar refractivity (Wildman–Crippen MR) is 69.7 cm³/mol. The van der Waals surface area contributed by atoms with Gasteiger partial charge in [-0.1, -0.05) is 0 Å². The molecule has 2 aromatic rings. The van der Waals surface area contributed by atoms with Crippen molar-refractivity contribution in [2.75, 3.05) is 6.54 Å². The number of nitrogens with zero attached hydrogens (tertiary/aromatic N) is 1. The molecule has 2 aromatic heterocycles. The third-order valence-corrected chi connectivity index (χ3v) is 4.11. The van der Waals surface area contributed by atoms with E-state index in [-0.39, 0.29) is 18.0 Å². The number of hydrogen-bond acceptors (Lipinski definition) is 5. The number of hydrogen-bond donors (Lipinski definition) is 2. The summed E-state index contributed by atoms with van der Waals surface area (Å²) in [5.74, 6) is 0.730. The molecule has 3 N–H and O–H groups in total. The van der Waals surface area contributed by atoms with E-state index >= 15 is 0 Å². The number of sulfonamides is 1. The molecule has 2 rings (SSSR count). The molecule has 19 heavy (non-hydrogen) atoms. The van der Waals surface area contributed by atoms with Crippen molar-refractivity contribution in [3.05, 3.63) is 48.2 Å². The van der Waals surface area contributed by atoms with E-state index in [0.717, 1.165) is 5.76 Å². The highest BCUT2D eigenvalue weighted by molar-refractivity contribution is 7.89. The van der Waals surface area contributed by atoms with Crippen LogP contribution in [0.25, 0.3) is 0 Å². The molecular weight excluding hydrogens is 266 g/mol. The van der Waals surface area contributed by atoms with Crippen molar-refractivity contribution in [1.29, 1.82) is 0 Å². The van der Waals surface area contributed by atoms with Gasteiger partial charge in [-0.05, 0) is 24.3 Å². The van der Waals surface area contributed by atoms with Gasteiger partial charge in [-0.2, -0.15) is 0 Å². The first-order chi connectivity index (χ1) is 9.13. The highest BCUT2D eigenvalue weighted by Crippen LogP contribution is 2.12. The summed E-state index contributed by atoms with van der Waals surface area (Å²) < 4.78 is 31.8. The van der Waals surface area contributed by atoms with Gasteiger partial charge in [-0.15, -0.1) is 0 Å². The van der Waals surface area contributed by atoms with Crippen LogP contribution in [0.15, 0.2) is 46.0 Å². The zero-order valence-electron chi connectivity index (χ0n) is 10.2. The molecule has 0 aliphatic heterocycles. The first-order valence-corrected chi connectivity index (χ1v) is 7.28. The monoisotopic (exact) mass is 281 g/mol. The molecule has 0 saturated carbocycles. The second-order valence-electron chi connectivity index (χ2n) is 3.88. The third-order valence-electron chi connectivity index (χ3n) is 2.57. The van der Waals surface area contributed by atoms with Gasteiger partial charge >= 0.3 is 0 Å². The fourth-order valence-electron chi connectivity index (χ4n) is 1.66. The molecule has 102 valence electrons. The molecule has 0 fully saturated rings. The number of rotatable bonds is 6. The molecule has 0 spiro atoms. The Labute approximate surface area is 111 Å². The third kappa shape index (κ3) is 3.40. The lowest BCUT2D eigenvalue weighted by atomic mass is 10.3. The number of pyridine rings is 1.